The summed E-state index contributed by atoms with van der Waals surface area (Å²) in [7, 11) is 0. The number of H-pyrrole nitrogens is 1. The molecular formula is C31H29FN4S. The predicted octanol–water partition coefficient (Wildman–Crippen LogP) is 7.22. The molecule has 2 heterocycles. The van der Waals surface area contributed by atoms with Crippen LogP contribution in [0, 0.1) is 19.7 Å². The van der Waals surface area contributed by atoms with Crippen LogP contribution < -0.4 is 11.1 Å². The molecule has 1 aliphatic heterocycles. The number of halogens is 1. The van der Waals surface area contributed by atoms with Gasteiger partial charge in [-0.2, -0.15) is 0 Å². The number of allylic oxidation sites excluding steroid dienone is 2. The van der Waals surface area contributed by atoms with Crippen LogP contribution in [0.5, 0.6) is 0 Å². The zero-order valence-corrected chi connectivity index (χ0v) is 21.8. The molecule has 0 spiro atoms. The minimum absolute atomic E-state index is 0.229. The number of nitrogens with two attached hydrogens (primary N) is 1. The lowest BCUT2D eigenvalue weighted by Gasteiger charge is -2.11. The van der Waals surface area contributed by atoms with Gasteiger partial charge in [0, 0.05) is 28.7 Å². The zero-order valence-electron chi connectivity index (χ0n) is 20.9. The van der Waals surface area contributed by atoms with Crippen LogP contribution in [0.25, 0.3) is 26.9 Å². The molecule has 0 aliphatic carbocycles. The van der Waals surface area contributed by atoms with E-state index in [1.54, 1.807) is 11.8 Å². The molecule has 0 fully saturated rings. The normalized spacial score (nSPS) is 15.8. The second-order valence-electron chi connectivity index (χ2n) is 9.01. The number of thioether (sulfide) groups is 1. The highest BCUT2D eigenvalue weighted by atomic mass is 32.2. The van der Waals surface area contributed by atoms with Crippen molar-refractivity contribution in [3.63, 3.8) is 0 Å². The Morgan fingerprint density at radius 2 is 1.73 bits per heavy atom. The monoisotopic (exact) mass is 508 g/mol. The van der Waals surface area contributed by atoms with Gasteiger partial charge < -0.3 is 16.0 Å². The van der Waals surface area contributed by atoms with Gasteiger partial charge >= 0.3 is 0 Å². The first-order valence-electron chi connectivity index (χ1n) is 12.2. The Hall–Kier alpha value is -4.03. The van der Waals surface area contributed by atoms with Gasteiger partial charge in [0.25, 0.3) is 0 Å². The molecule has 4 N–H and O–H groups in total. The lowest BCUT2D eigenvalue weighted by Crippen LogP contribution is -2.25. The van der Waals surface area contributed by atoms with Crippen molar-refractivity contribution in [2.24, 2.45) is 10.7 Å². The maximum atomic E-state index is 14.3. The highest BCUT2D eigenvalue weighted by molar-refractivity contribution is 8.13. The first kappa shape index (κ1) is 24.7. The van der Waals surface area contributed by atoms with E-state index >= 15 is 0 Å². The number of hydrogen-bond acceptors (Lipinski definition) is 4. The van der Waals surface area contributed by atoms with Crippen LogP contribution in [0.2, 0.25) is 0 Å². The molecule has 4 aromatic rings. The maximum Gasteiger partial charge on any atom is 0.147 e. The van der Waals surface area contributed by atoms with Gasteiger partial charge in [-0.1, -0.05) is 79.0 Å². The number of nitrogens with zero attached hydrogens (tertiary/aromatic N) is 1. The van der Waals surface area contributed by atoms with Crippen LogP contribution in [-0.4, -0.2) is 17.2 Å². The number of rotatable bonds is 7. The number of benzene rings is 3. The molecule has 5 rings (SSSR count). The minimum atomic E-state index is -0.229. The molecule has 0 saturated carbocycles. The van der Waals surface area contributed by atoms with Crippen molar-refractivity contribution in [1.82, 2.24) is 10.3 Å². The van der Waals surface area contributed by atoms with Gasteiger partial charge in [-0.05, 0) is 60.2 Å². The third-order valence-electron chi connectivity index (χ3n) is 6.58. The van der Waals surface area contributed by atoms with Crippen LogP contribution in [0.3, 0.4) is 0 Å². The molecule has 0 saturated heterocycles. The first-order chi connectivity index (χ1) is 18.0. The van der Waals surface area contributed by atoms with E-state index < -0.39 is 0 Å². The highest BCUT2D eigenvalue weighted by Gasteiger charge is 2.22. The van der Waals surface area contributed by atoms with Gasteiger partial charge in [0.2, 0.25) is 0 Å². The van der Waals surface area contributed by atoms with Crippen LogP contribution >= 0.6 is 11.8 Å². The van der Waals surface area contributed by atoms with Crippen molar-refractivity contribution in [2.75, 3.05) is 6.54 Å². The molecule has 1 aliphatic rings. The third-order valence-corrected chi connectivity index (χ3v) is 7.79. The Balaban J connectivity index is 1.33. The summed E-state index contributed by atoms with van der Waals surface area (Å²) in [4.78, 5) is 9.62. The summed E-state index contributed by atoms with van der Waals surface area (Å²) in [6.07, 6.45) is 4.29. The van der Waals surface area contributed by atoms with Crippen LogP contribution in [0.1, 0.15) is 22.4 Å². The summed E-state index contributed by atoms with van der Waals surface area (Å²) in [5.74, 6) is 0.339. The van der Waals surface area contributed by atoms with E-state index in [9.17, 15) is 4.39 Å². The van der Waals surface area contributed by atoms with E-state index in [-0.39, 0.29) is 5.82 Å². The number of aliphatic imine (C=N–C) groups is 1. The van der Waals surface area contributed by atoms with Crippen molar-refractivity contribution in [3.05, 3.63) is 125 Å². The van der Waals surface area contributed by atoms with Crippen molar-refractivity contribution in [2.45, 2.75) is 20.3 Å². The Kier molecular flexibility index (Phi) is 7.01. The van der Waals surface area contributed by atoms with Crippen molar-refractivity contribution < 1.29 is 4.39 Å². The van der Waals surface area contributed by atoms with Crippen LogP contribution in [0.4, 0.5) is 4.39 Å². The van der Waals surface area contributed by atoms with Crippen LogP contribution in [0.15, 0.2) is 101 Å². The zero-order chi connectivity index (χ0) is 25.9. The fourth-order valence-corrected chi connectivity index (χ4v) is 5.77. The number of hydrogen-bond donors (Lipinski definition) is 3. The molecule has 0 bridgehead atoms. The Bertz CT molecular complexity index is 1560. The topological polar surface area (TPSA) is 66.2 Å². The van der Waals surface area contributed by atoms with Gasteiger partial charge in [-0.15, -0.1) is 0 Å². The Labute approximate surface area is 220 Å². The van der Waals surface area contributed by atoms with Crippen molar-refractivity contribution >= 4 is 33.3 Å². The lowest BCUT2D eigenvalue weighted by molar-refractivity contribution is 0.637. The maximum absolute atomic E-state index is 14.3. The SMILES string of the molecule is C=C/N=C1/C=C(c2ccc(-c3ccccc3)cc2)S/C1=C(/N)NCCc1c(C)[nH]c2c(F)ccc(C)c12. The Morgan fingerprint density at radius 3 is 2.46 bits per heavy atom. The number of aryl methyl sites for hydroxylation is 2. The fourth-order valence-electron chi connectivity index (χ4n) is 4.73. The third kappa shape index (κ3) is 4.98. The van der Waals surface area contributed by atoms with E-state index in [1.165, 1.54) is 23.4 Å². The lowest BCUT2D eigenvalue weighted by atomic mass is 10.0. The van der Waals surface area contributed by atoms with Crippen molar-refractivity contribution in [1.29, 1.82) is 0 Å². The summed E-state index contributed by atoms with van der Waals surface area (Å²) >= 11 is 1.60. The molecule has 0 unspecified atom stereocenters. The summed E-state index contributed by atoms with van der Waals surface area (Å²) in [5, 5.41) is 4.32. The summed E-state index contributed by atoms with van der Waals surface area (Å²) in [6, 6.07) is 22.2. The van der Waals surface area contributed by atoms with E-state index in [4.69, 9.17) is 5.73 Å². The van der Waals surface area contributed by atoms with Crippen molar-refractivity contribution in [3.8, 4) is 11.1 Å². The predicted molar refractivity (Wildman–Crippen MR) is 156 cm³/mol. The van der Waals surface area contributed by atoms with Crippen LogP contribution in [-0.2, 0) is 6.42 Å². The summed E-state index contributed by atoms with van der Waals surface area (Å²) in [6.45, 7) is 8.37. The van der Waals surface area contributed by atoms with E-state index in [2.05, 4.69) is 58.3 Å². The molecule has 4 nitrogen and oxygen atoms in total. The standard InChI is InChI=1S/C31H29FN4S/c1-4-34-26-18-27(23-13-11-22(12-14-23)21-8-6-5-7-9-21)37-30(26)31(33)35-17-16-24-20(3)36-29-25(32)15-10-19(2)28(24)29/h4-15,18,35-36H,1,16-17,33H2,2-3H3/b31-30-,34-26-. The van der Waals surface area contributed by atoms with Gasteiger partial charge in [0.15, 0.2) is 0 Å². The molecule has 0 radical (unpaired) electrons. The minimum Gasteiger partial charge on any atom is -0.385 e. The average Bonchev–Trinajstić information content (AvgIpc) is 3.49. The quantitative estimate of drug-likeness (QED) is 0.247. The molecule has 0 atom stereocenters. The van der Waals surface area contributed by atoms with Gasteiger partial charge in [0.1, 0.15) is 11.6 Å². The fraction of sp³-hybridized carbons (Fsp3) is 0.129. The molecule has 3 aromatic carbocycles. The van der Waals surface area contributed by atoms with E-state index in [0.29, 0.717) is 24.3 Å². The second-order valence-corrected chi connectivity index (χ2v) is 10.1. The molecule has 6 heteroatoms. The number of nitrogens with one attached hydrogen (secondary N) is 2. The average molecular weight is 509 g/mol. The molecule has 186 valence electrons. The molecule has 37 heavy (non-hydrogen) atoms. The highest BCUT2D eigenvalue weighted by Crippen LogP contribution is 2.41. The first-order valence-corrected chi connectivity index (χ1v) is 13.0. The largest absolute Gasteiger partial charge is 0.385 e. The summed E-state index contributed by atoms with van der Waals surface area (Å²) in [5.41, 5.74) is 14.5. The summed E-state index contributed by atoms with van der Waals surface area (Å²) < 4.78 is 14.3. The molecule has 0 amide bonds. The number of aromatic amines is 1. The molecule has 1 aromatic heterocycles. The Morgan fingerprint density at radius 1 is 1.03 bits per heavy atom. The van der Waals surface area contributed by atoms with Gasteiger partial charge in [0.05, 0.1) is 16.1 Å². The number of fused-ring (bicyclic) bond motifs is 1. The van der Waals surface area contributed by atoms with Gasteiger partial charge in [-0.3, -0.25) is 4.99 Å². The second kappa shape index (κ2) is 10.5. The van der Waals surface area contributed by atoms with E-state index in [0.717, 1.165) is 43.3 Å². The molecular weight excluding hydrogens is 479 g/mol. The number of aromatic nitrogens is 1. The van der Waals surface area contributed by atoms with E-state index in [1.807, 2.05) is 44.2 Å². The smallest absolute Gasteiger partial charge is 0.147 e. The van der Waals surface area contributed by atoms with Gasteiger partial charge in [-0.25, -0.2) is 4.39 Å².